The van der Waals surface area contributed by atoms with Crippen LogP contribution >= 0.6 is 0 Å². The molecule has 0 spiro atoms. The number of nitrogens with zero attached hydrogens (tertiary/aromatic N) is 1. The van der Waals surface area contributed by atoms with Gasteiger partial charge in [-0.25, -0.2) is 4.57 Å². The maximum absolute atomic E-state index is 12.6. The van der Waals surface area contributed by atoms with E-state index in [4.69, 9.17) is 0 Å². The van der Waals surface area contributed by atoms with Gasteiger partial charge in [-0.05, 0) is 36.8 Å². The molecule has 1 nitrogen and oxygen atoms in total. The zero-order valence-corrected chi connectivity index (χ0v) is 10.1. The zero-order chi connectivity index (χ0) is 13.3. The number of rotatable bonds is 1. The van der Waals surface area contributed by atoms with Crippen LogP contribution in [0.4, 0.5) is 13.2 Å². The summed E-state index contributed by atoms with van der Waals surface area (Å²) in [6, 6.07) is 9.45. The molecule has 0 aliphatic heterocycles. The number of alkyl halides is 3. The molecular weight excluding hydrogens is 239 g/mol. The summed E-state index contributed by atoms with van der Waals surface area (Å²) >= 11 is 0. The highest BCUT2D eigenvalue weighted by molar-refractivity contribution is 5.61. The van der Waals surface area contributed by atoms with Crippen molar-refractivity contribution in [2.24, 2.45) is 7.05 Å². The Hall–Kier alpha value is -1.84. The second-order valence-electron chi connectivity index (χ2n) is 4.22. The molecule has 0 aliphatic carbocycles. The van der Waals surface area contributed by atoms with Gasteiger partial charge in [-0.15, -0.1) is 0 Å². The Labute approximate surface area is 104 Å². The minimum Gasteiger partial charge on any atom is -0.201 e. The Morgan fingerprint density at radius 1 is 1.06 bits per heavy atom. The quantitative estimate of drug-likeness (QED) is 0.684. The molecule has 4 heteroatoms. The van der Waals surface area contributed by atoms with Gasteiger partial charge < -0.3 is 0 Å². The number of hydrogen-bond acceptors (Lipinski definition) is 0. The molecule has 18 heavy (non-hydrogen) atoms. The molecule has 2 aromatic rings. The third-order valence-electron chi connectivity index (χ3n) is 2.88. The van der Waals surface area contributed by atoms with Crippen LogP contribution in [0.25, 0.3) is 11.3 Å². The first-order valence-corrected chi connectivity index (χ1v) is 5.52. The van der Waals surface area contributed by atoms with Crippen LogP contribution in [0.5, 0.6) is 0 Å². The molecule has 0 unspecified atom stereocenters. The van der Waals surface area contributed by atoms with E-state index in [2.05, 4.69) is 0 Å². The third-order valence-corrected chi connectivity index (χ3v) is 2.88. The van der Waals surface area contributed by atoms with E-state index in [1.54, 1.807) is 6.92 Å². The molecule has 0 saturated carbocycles. The van der Waals surface area contributed by atoms with Crippen LogP contribution in [0, 0.1) is 6.92 Å². The lowest BCUT2D eigenvalue weighted by atomic mass is 10.0. The van der Waals surface area contributed by atoms with E-state index in [9.17, 15) is 13.2 Å². The van der Waals surface area contributed by atoms with E-state index in [-0.39, 0.29) is 0 Å². The lowest BCUT2D eigenvalue weighted by Crippen LogP contribution is -2.30. The summed E-state index contributed by atoms with van der Waals surface area (Å²) in [5, 5.41) is 0. The van der Waals surface area contributed by atoms with Gasteiger partial charge in [0.2, 0.25) is 5.69 Å². The van der Waals surface area contributed by atoms with Gasteiger partial charge in [0.1, 0.15) is 7.05 Å². The summed E-state index contributed by atoms with van der Waals surface area (Å²) in [5.74, 6) is 0. The average Bonchev–Trinajstić information content (AvgIpc) is 2.29. The first-order chi connectivity index (χ1) is 8.39. The summed E-state index contributed by atoms with van der Waals surface area (Å²) in [5.41, 5.74) is 1.71. The van der Waals surface area contributed by atoms with Crippen LogP contribution in [-0.4, -0.2) is 0 Å². The summed E-state index contributed by atoms with van der Waals surface area (Å²) in [6.45, 7) is 1.69. The second-order valence-corrected chi connectivity index (χ2v) is 4.22. The lowest BCUT2D eigenvalue weighted by Gasteiger charge is -2.10. The predicted octanol–water partition coefficient (Wildman–Crippen LogP) is 3.51. The predicted molar refractivity (Wildman–Crippen MR) is 62.8 cm³/mol. The largest absolute Gasteiger partial charge is 0.416 e. The van der Waals surface area contributed by atoms with Crippen LogP contribution in [0.3, 0.4) is 0 Å². The molecule has 0 N–H and O–H groups in total. The monoisotopic (exact) mass is 252 g/mol. The van der Waals surface area contributed by atoms with E-state index in [1.165, 1.54) is 12.1 Å². The van der Waals surface area contributed by atoms with Gasteiger partial charge in [0, 0.05) is 17.7 Å². The van der Waals surface area contributed by atoms with Crippen molar-refractivity contribution in [3.63, 3.8) is 0 Å². The van der Waals surface area contributed by atoms with Gasteiger partial charge in [-0.2, -0.15) is 13.2 Å². The SMILES string of the molecule is Cc1cc(C(F)(F)F)ccc1-c1cccc[n+]1C. The van der Waals surface area contributed by atoms with E-state index < -0.39 is 11.7 Å². The Morgan fingerprint density at radius 3 is 2.33 bits per heavy atom. The lowest BCUT2D eigenvalue weighted by molar-refractivity contribution is -0.660. The number of benzene rings is 1. The fourth-order valence-electron chi connectivity index (χ4n) is 1.93. The molecule has 94 valence electrons. The minimum atomic E-state index is -4.29. The molecule has 0 aliphatic rings. The molecule has 1 heterocycles. The van der Waals surface area contributed by atoms with E-state index in [0.717, 1.165) is 17.3 Å². The molecule has 2 rings (SSSR count). The van der Waals surface area contributed by atoms with E-state index in [1.807, 2.05) is 36.0 Å². The molecule has 1 aromatic heterocycles. The Balaban J connectivity index is 2.52. The van der Waals surface area contributed by atoms with Gasteiger partial charge >= 0.3 is 6.18 Å². The Morgan fingerprint density at radius 2 is 1.78 bits per heavy atom. The number of halogens is 3. The fraction of sp³-hybridized carbons (Fsp3) is 0.214. The van der Waals surface area contributed by atoms with E-state index >= 15 is 0 Å². The molecule has 0 saturated heterocycles. The molecule has 0 radical (unpaired) electrons. The smallest absolute Gasteiger partial charge is 0.201 e. The van der Waals surface area contributed by atoms with Crippen molar-refractivity contribution in [1.29, 1.82) is 0 Å². The van der Waals surface area contributed by atoms with Crippen molar-refractivity contribution >= 4 is 0 Å². The Kier molecular flexibility index (Phi) is 3.11. The van der Waals surface area contributed by atoms with Crippen LogP contribution in [0.2, 0.25) is 0 Å². The van der Waals surface area contributed by atoms with Gasteiger partial charge in [-0.1, -0.05) is 0 Å². The normalized spacial score (nSPS) is 11.6. The topological polar surface area (TPSA) is 3.88 Å². The van der Waals surface area contributed by atoms with Crippen LogP contribution < -0.4 is 4.57 Å². The van der Waals surface area contributed by atoms with Crippen LogP contribution in [-0.2, 0) is 13.2 Å². The molecule has 0 amide bonds. The third kappa shape index (κ3) is 2.37. The van der Waals surface area contributed by atoms with Gasteiger partial charge in [0.25, 0.3) is 0 Å². The van der Waals surface area contributed by atoms with Crippen molar-refractivity contribution in [1.82, 2.24) is 0 Å². The second kappa shape index (κ2) is 4.44. The number of hydrogen-bond donors (Lipinski definition) is 0. The van der Waals surface area contributed by atoms with Crippen molar-refractivity contribution in [3.05, 3.63) is 53.7 Å². The Bertz CT molecular complexity index is 573. The average molecular weight is 252 g/mol. The van der Waals surface area contributed by atoms with Crippen molar-refractivity contribution in [3.8, 4) is 11.3 Å². The van der Waals surface area contributed by atoms with Crippen molar-refractivity contribution in [2.45, 2.75) is 13.1 Å². The minimum absolute atomic E-state index is 0.609. The highest BCUT2D eigenvalue weighted by Crippen LogP contribution is 2.32. The van der Waals surface area contributed by atoms with Crippen LogP contribution in [0.1, 0.15) is 11.1 Å². The maximum atomic E-state index is 12.6. The summed E-state index contributed by atoms with van der Waals surface area (Å²) < 4.78 is 39.6. The molecule has 0 bridgehead atoms. The van der Waals surface area contributed by atoms with Gasteiger partial charge in [-0.3, -0.25) is 0 Å². The first kappa shape index (κ1) is 12.6. The summed E-state index contributed by atoms with van der Waals surface area (Å²) in [4.78, 5) is 0. The zero-order valence-electron chi connectivity index (χ0n) is 10.1. The van der Waals surface area contributed by atoms with Gasteiger partial charge in [0.05, 0.1) is 5.56 Å². The number of aryl methyl sites for hydroxylation is 2. The van der Waals surface area contributed by atoms with Gasteiger partial charge in [0.15, 0.2) is 6.20 Å². The first-order valence-electron chi connectivity index (χ1n) is 5.52. The summed E-state index contributed by atoms with van der Waals surface area (Å²) in [7, 11) is 1.87. The number of aromatic nitrogens is 1. The highest BCUT2D eigenvalue weighted by Gasteiger charge is 2.31. The standard InChI is InChI=1S/C14H13F3N/c1-10-9-11(14(15,16)17)6-7-12(10)13-5-3-4-8-18(13)2/h3-9H,1-2H3/q+1. The van der Waals surface area contributed by atoms with E-state index in [0.29, 0.717) is 5.56 Å². The van der Waals surface area contributed by atoms with Crippen LogP contribution in [0.15, 0.2) is 42.6 Å². The highest BCUT2D eigenvalue weighted by atomic mass is 19.4. The molecule has 1 aromatic carbocycles. The number of pyridine rings is 1. The molecule has 0 fully saturated rings. The maximum Gasteiger partial charge on any atom is 0.416 e. The summed E-state index contributed by atoms with van der Waals surface area (Å²) in [6.07, 6.45) is -2.42. The van der Waals surface area contributed by atoms with Crippen molar-refractivity contribution < 1.29 is 17.7 Å². The fourth-order valence-corrected chi connectivity index (χ4v) is 1.93. The molecule has 0 atom stereocenters. The van der Waals surface area contributed by atoms with Crippen molar-refractivity contribution in [2.75, 3.05) is 0 Å². The molecular formula is C14H13F3N+.